The largest absolute Gasteiger partial charge is 0.381 e. The lowest BCUT2D eigenvalue weighted by Crippen LogP contribution is -2.08. The van der Waals surface area contributed by atoms with Gasteiger partial charge in [0.25, 0.3) is 0 Å². The van der Waals surface area contributed by atoms with Crippen LogP contribution in [0.25, 0.3) is 11.3 Å². The van der Waals surface area contributed by atoms with Crippen molar-refractivity contribution >= 4 is 21.7 Å². The van der Waals surface area contributed by atoms with Crippen LogP contribution < -0.4 is 5.73 Å². The van der Waals surface area contributed by atoms with Gasteiger partial charge in [0.1, 0.15) is 0 Å². The maximum atomic E-state index is 5.80. The van der Waals surface area contributed by atoms with Crippen molar-refractivity contribution in [2.24, 2.45) is 0 Å². The number of hydrogen-bond acceptors (Lipinski definition) is 3. The van der Waals surface area contributed by atoms with E-state index in [1.165, 1.54) is 5.56 Å². The zero-order chi connectivity index (χ0) is 11.3. The Bertz CT molecular complexity index is 562. The van der Waals surface area contributed by atoms with Crippen LogP contribution in [0, 0.1) is 0 Å². The van der Waals surface area contributed by atoms with E-state index >= 15 is 0 Å². The van der Waals surface area contributed by atoms with E-state index in [0.29, 0.717) is 11.7 Å². The van der Waals surface area contributed by atoms with Gasteiger partial charge >= 0.3 is 0 Å². The van der Waals surface area contributed by atoms with Crippen molar-refractivity contribution in [3.63, 3.8) is 0 Å². The van der Waals surface area contributed by atoms with E-state index in [4.69, 9.17) is 10.3 Å². The smallest absolute Gasteiger partial charge is 0.172 e. The lowest BCUT2D eigenvalue weighted by molar-refractivity contribution is 0.432. The van der Waals surface area contributed by atoms with E-state index in [0.717, 1.165) is 27.8 Å². The normalized spacial score (nSPS) is 18.0. The molecule has 0 spiro atoms. The fourth-order valence-electron chi connectivity index (χ4n) is 2.30. The molecule has 0 fully saturated rings. The Balaban J connectivity index is 2.30. The maximum absolute atomic E-state index is 5.80. The molecule has 1 unspecified atom stereocenters. The highest BCUT2D eigenvalue weighted by Gasteiger charge is 2.27. The summed E-state index contributed by atoms with van der Waals surface area (Å²) in [5.41, 5.74) is 9.24. The zero-order valence-corrected chi connectivity index (χ0v) is 10.4. The van der Waals surface area contributed by atoms with Crippen LogP contribution in [0.3, 0.4) is 0 Å². The van der Waals surface area contributed by atoms with Crippen molar-refractivity contribution in [2.75, 3.05) is 5.73 Å². The van der Waals surface area contributed by atoms with Crippen molar-refractivity contribution in [1.29, 1.82) is 0 Å². The number of rotatable bonds is 0. The summed E-state index contributed by atoms with van der Waals surface area (Å²) in [6, 6.07) is 6.25. The summed E-state index contributed by atoms with van der Waals surface area (Å²) in [6.45, 7) is 2.20. The molecule has 82 valence electrons. The number of benzene rings is 1. The van der Waals surface area contributed by atoms with E-state index in [1.54, 1.807) is 0 Å². The van der Waals surface area contributed by atoms with E-state index < -0.39 is 0 Å². The first kappa shape index (κ1) is 9.90. The molecule has 0 amide bonds. The van der Waals surface area contributed by atoms with Crippen LogP contribution in [0.4, 0.5) is 5.82 Å². The highest BCUT2D eigenvalue weighted by molar-refractivity contribution is 9.10. The average Bonchev–Trinajstić information content (AvgIpc) is 2.61. The van der Waals surface area contributed by atoms with E-state index in [1.807, 2.05) is 0 Å². The van der Waals surface area contributed by atoms with E-state index in [2.05, 4.69) is 46.2 Å². The van der Waals surface area contributed by atoms with Crippen molar-refractivity contribution in [2.45, 2.75) is 19.3 Å². The van der Waals surface area contributed by atoms with Crippen molar-refractivity contribution < 1.29 is 4.52 Å². The van der Waals surface area contributed by atoms with Gasteiger partial charge in [-0.1, -0.05) is 34.1 Å². The van der Waals surface area contributed by atoms with Gasteiger partial charge in [-0.05, 0) is 30.0 Å². The molecule has 0 saturated heterocycles. The first-order valence-corrected chi connectivity index (χ1v) is 6.00. The van der Waals surface area contributed by atoms with Crippen molar-refractivity contribution in [3.05, 3.63) is 33.8 Å². The predicted octanol–water partition coefficient (Wildman–Crippen LogP) is 3.35. The van der Waals surface area contributed by atoms with Gasteiger partial charge in [0.15, 0.2) is 11.6 Å². The Kier molecular flexibility index (Phi) is 2.07. The molecule has 4 heteroatoms. The third-order valence-corrected chi connectivity index (χ3v) is 3.61. The summed E-state index contributed by atoms with van der Waals surface area (Å²) in [4.78, 5) is 0. The molecule has 0 bridgehead atoms. The number of aromatic nitrogens is 1. The molecule has 1 aliphatic rings. The first-order chi connectivity index (χ1) is 7.66. The molecule has 2 aromatic rings. The number of fused-ring (bicyclic) bond motifs is 3. The minimum Gasteiger partial charge on any atom is -0.381 e. The summed E-state index contributed by atoms with van der Waals surface area (Å²) >= 11 is 3.48. The van der Waals surface area contributed by atoms with E-state index in [9.17, 15) is 0 Å². The number of nitrogens with zero attached hydrogens (tertiary/aromatic N) is 1. The minimum atomic E-state index is 0.456. The van der Waals surface area contributed by atoms with Gasteiger partial charge in [0, 0.05) is 15.6 Å². The molecule has 3 rings (SSSR count). The Morgan fingerprint density at radius 1 is 1.50 bits per heavy atom. The Morgan fingerprint density at radius 3 is 3.12 bits per heavy atom. The fraction of sp³-hybridized carbons (Fsp3) is 0.250. The molecule has 1 aliphatic carbocycles. The topological polar surface area (TPSA) is 52.0 Å². The number of nitrogen functional groups attached to an aromatic ring is 1. The lowest BCUT2D eigenvalue weighted by Gasteiger charge is -2.21. The molecule has 1 aromatic heterocycles. The maximum Gasteiger partial charge on any atom is 0.172 e. The van der Waals surface area contributed by atoms with Crippen LogP contribution in [0.15, 0.2) is 27.2 Å². The molecule has 0 radical (unpaired) electrons. The summed E-state index contributed by atoms with van der Waals surface area (Å²) in [7, 11) is 0. The van der Waals surface area contributed by atoms with Gasteiger partial charge < -0.3 is 10.3 Å². The first-order valence-electron chi connectivity index (χ1n) is 5.20. The summed E-state index contributed by atoms with van der Waals surface area (Å²) < 4.78 is 6.36. The average molecular weight is 279 g/mol. The standard InChI is InChI=1S/C12H11BrN2O/c1-6-4-10-11(16-15-12(10)14)9-5-7(13)2-3-8(6)9/h2-3,5-6H,4H2,1H3,(H2,14,15). The number of anilines is 1. The second kappa shape index (κ2) is 3.35. The fourth-order valence-corrected chi connectivity index (χ4v) is 2.66. The third kappa shape index (κ3) is 1.29. The molecule has 0 aliphatic heterocycles. The Hall–Kier alpha value is -1.29. The molecule has 1 heterocycles. The molecule has 2 N–H and O–H groups in total. The molecule has 0 saturated carbocycles. The van der Waals surface area contributed by atoms with Crippen LogP contribution >= 0.6 is 15.9 Å². The zero-order valence-electron chi connectivity index (χ0n) is 8.83. The second-order valence-electron chi connectivity index (χ2n) is 4.21. The van der Waals surface area contributed by atoms with Gasteiger partial charge in [0.05, 0.1) is 0 Å². The number of halogens is 1. The third-order valence-electron chi connectivity index (χ3n) is 3.12. The molecular formula is C12H11BrN2O. The summed E-state index contributed by atoms with van der Waals surface area (Å²) in [5, 5.41) is 3.85. The highest BCUT2D eigenvalue weighted by atomic mass is 79.9. The van der Waals surface area contributed by atoms with E-state index in [-0.39, 0.29) is 0 Å². The number of nitrogens with two attached hydrogens (primary N) is 1. The van der Waals surface area contributed by atoms with Gasteiger partial charge in [-0.15, -0.1) is 0 Å². The van der Waals surface area contributed by atoms with Gasteiger partial charge in [-0.3, -0.25) is 0 Å². The number of hydrogen-bond donors (Lipinski definition) is 1. The van der Waals surface area contributed by atoms with Gasteiger partial charge in [-0.2, -0.15) is 0 Å². The van der Waals surface area contributed by atoms with Crippen LogP contribution in [-0.4, -0.2) is 5.16 Å². The predicted molar refractivity (Wildman–Crippen MR) is 66.2 cm³/mol. The monoisotopic (exact) mass is 278 g/mol. The van der Waals surface area contributed by atoms with Crippen LogP contribution in [0.2, 0.25) is 0 Å². The van der Waals surface area contributed by atoms with Crippen LogP contribution in [0.1, 0.15) is 24.0 Å². The molecule has 16 heavy (non-hydrogen) atoms. The van der Waals surface area contributed by atoms with Gasteiger partial charge in [0.2, 0.25) is 0 Å². The SMILES string of the molecule is CC1Cc2c(N)noc2-c2cc(Br)ccc21. The van der Waals surface area contributed by atoms with Crippen LogP contribution in [0.5, 0.6) is 0 Å². The Labute approximate surface area is 102 Å². The van der Waals surface area contributed by atoms with Gasteiger partial charge in [-0.25, -0.2) is 0 Å². The Morgan fingerprint density at radius 2 is 2.31 bits per heavy atom. The lowest BCUT2D eigenvalue weighted by atomic mass is 9.83. The molecule has 1 aromatic carbocycles. The van der Waals surface area contributed by atoms with Crippen molar-refractivity contribution in [3.8, 4) is 11.3 Å². The summed E-state index contributed by atoms with van der Waals surface area (Å²) in [5.74, 6) is 1.80. The quantitative estimate of drug-likeness (QED) is 0.804. The molecular weight excluding hydrogens is 268 g/mol. The second-order valence-corrected chi connectivity index (χ2v) is 5.13. The summed E-state index contributed by atoms with van der Waals surface area (Å²) in [6.07, 6.45) is 0.902. The van der Waals surface area contributed by atoms with Crippen LogP contribution in [-0.2, 0) is 6.42 Å². The molecule has 1 atom stereocenters. The van der Waals surface area contributed by atoms with Crippen molar-refractivity contribution in [1.82, 2.24) is 5.16 Å². The molecule has 3 nitrogen and oxygen atoms in total. The minimum absolute atomic E-state index is 0.456. The highest BCUT2D eigenvalue weighted by Crippen LogP contribution is 2.42.